The summed E-state index contributed by atoms with van der Waals surface area (Å²) >= 11 is 0. The number of carbonyl (C=O) groups is 3. The largest absolute Gasteiger partial charge is 0.379 e. The molecule has 0 aromatic rings. The minimum Gasteiger partial charge on any atom is -0.379 e. The SMILES string of the molecule is CC(=O)CCOCCOCCOCCNC(=O)CCCC(=O)NCCCCC(C)C. The summed E-state index contributed by atoms with van der Waals surface area (Å²) in [6.07, 6.45) is 5.02. The van der Waals surface area contributed by atoms with Crippen LogP contribution in [0.15, 0.2) is 0 Å². The smallest absolute Gasteiger partial charge is 0.220 e. The second-order valence-corrected chi connectivity index (χ2v) is 7.73. The third kappa shape index (κ3) is 22.8. The van der Waals surface area contributed by atoms with Crippen LogP contribution in [0.1, 0.15) is 65.7 Å². The first-order chi connectivity index (χ1) is 14.4. The van der Waals surface area contributed by atoms with Gasteiger partial charge in [-0.25, -0.2) is 0 Å². The van der Waals surface area contributed by atoms with Crippen molar-refractivity contribution in [2.75, 3.05) is 52.7 Å². The predicted octanol–water partition coefficient (Wildman–Crippen LogP) is 2.24. The van der Waals surface area contributed by atoms with Gasteiger partial charge in [0, 0.05) is 32.4 Å². The Morgan fingerprint density at radius 2 is 1.20 bits per heavy atom. The third-order valence-corrected chi connectivity index (χ3v) is 4.25. The Hall–Kier alpha value is -1.51. The van der Waals surface area contributed by atoms with Crippen LogP contribution in [0.25, 0.3) is 0 Å². The Bertz CT molecular complexity index is 457. The van der Waals surface area contributed by atoms with E-state index in [0.717, 1.165) is 12.8 Å². The molecule has 0 spiro atoms. The van der Waals surface area contributed by atoms with Gasteiger partial charge in [0.15, 0.2) is 0 Å². The summed E-state index contributed by atoms with van der Waals surface area (Å²) in [7, 11) is 0. The van der Waals surface area contributed by atoms with E-state index >= 15 is 0 Å². The van der Waals surface area contributed by atoms with E-state index in [-0.39, 0.29) is 17.6 Å². The maximum Gasteiger partial charge on any atom is 0.220 e. The summed E-state index contributed by atoms with van der Waals surface area (Å²) < 4.78 is 16.0. The lowest BCUT2D eigenvalue weighted by molar-refractivity contribution is -0.122. The van der Waals surface area contributed by atoms with Gasteiger partial charge in [0.25, 0.3) is 0 Å². The highest BCUT2D eigenvalue weighted by Crippen LogP contribution is 2.05. The quantitative estimate of drug-likeness (QED) is 0.271. The Kier molecular flexibility index (Phi) is 19.7. The van der Waals surface area contributed by atoms with Gasteiger partial charge in [0.05, 0.1) is 39.6 Å². The number of ketones is 1. The third-order valence-electron chi connectivity index (χ3n) is 4.25. The first-order valence-corrected chi connectivity index (χ1v) is 11.2. The van der Waals surface area contributed by atoms with Crippen LogP contribution in [0.4, 0.5) is 0 Å². The van der Waals surface area contributed by atoms with Crippen LogP contribution in [0.2, 0.25) is 0 Å². The number of amides is 2. The lowest BCUT2D eigenvalue weighted by Gasteiger charge is -2.08. The second-order valence-electron chi connectivity index (χ2n) is 7.73. The lowest BCUT2D eigenvalue weighted by Crippen LogP contribution is -2.28. The van der Waals surface area contributed by atoms with Crippen LogP contribution < -0.4 is 10.6 Å². The number of hydrogen-bond acceptors (Lipinski definition) is 6. The number of hydrogen-bond donors (Lipinski definition) is 2. The van der Waals surface area contributed by atoms with E-state index in [9.17, 15) is 14.4 Å². The van der Waals surface area contributed by atoms with E-state index < -0.39 is 0 Å². The average molecular weight is 431 g/mol. The zero-order valence-electron chi connectivity index (χ0n) is 19.1. The molecule has 0 unspecified atom stereocenters. The number of nitrogens with one attached hydrogen (secondary N) is 2. The van der Waals surface area contributed by atoms with E-state index in [2.05, 4.69) is 24.5 Å². The first-order valence-electron chi connectivity index (χ1n) is 11.2. The molecule has 2 N–H and O–H groups in total. The van der Waals surface area contributed by atoms with Crippen LogP contribution in [0.5, 0.6) is 0 Å². The van der Waals surface area contributed by atoms with Gasteiger partial charge in [-0.1, -0.05) is 26.7 Å². The number of Topliss-reactive ketones (excluding diaryl/α,β-unsaturated/α-hetero) is 1. The van der Waals surface area contributed by atoms with Crippen molar-refractivity contribution < 1.29 is 28.6 Å². The molecule has 0 fully saturated rings. The van der Waals surface area contributed by atoms with Crippen LogP contribution in [-0.2, 0) is 28.6 Å². The number of carbonyl (C=O) groups excluding carboxylic acids is 3. The van der Waals surface area contributed by atoms with E-state index in [4.69, 9.17) is 14.2 Å². The maximum atomic E-state index is 11.7. The van der Waals surface area contributed by atoms with Crippen molar-refractivity contribution in [3.05, 3.63) is 0 Å². The molecule has 0 heterocycles. The number of ether oxygens (including phenoxy) is 3. The fourth-order valence-corrected chi connectivity index (χ4v) is 2.51. The van der Waals surface area contributed by atoms with Gasteiger partial charge in [-0.05, 0) is 25.7 Å². The van der Waals surface area contributed by atoms with Gasteiger partial charge >= 0.3 is 0 Å². The van der Waals surface area contributed by atoms with Crippen LogP contribution >= 0.6 is 0 Å². The molecule has 0 radical (unpaired) electrons. The Morgan fingerprint density at radius 1 is 0.667 bits per heavy atom. The zero-order chi connectivity index (χ0) is 22.5. The molecular weight excluding hydrogens is 388 g/mol. The summed E-state index contributed by atoms with van der Waals surface area (Å²) in [6.45, 7) is 9.75. The minimum atomic E-state index is -0.0673. The van der Waals surface area contributed by atoms with Crippen molar-refractivity contribution in [3.63, 3.8) is 0 Å². The van der Waals surface area contributed by atoms with Crippen molar-refractivity contribution in [3.8, 4) is 0 Å². The molecule has 0 atom stereocenters. The summed E-state index contributed by atoms with van der Waals surface area (Å²) in [4.78, 5) is 34.2. The van der Waals surface area contributed by atoms with Gasteiger partial charge in [0.2, 0.25) is 11.8 Å². The molecule has 2 amide bonds. The molecule has 0 bridgehead atoms. The highest BCUT2D eigenvalue weighted by Gasteiger charge is 2.05. The molecule has 0 aromatic heterocycles. The van der Waals surface area contributed by atoms with Gasteiger partial charge in [-0.15, -0.1) is 0 Å². The second kappa shape index (κ2) is 20.8. The van der Waals surface area contributed by atoms with E-state index in [1.54, 1.807) is 0 Å². The van der Waals surface area contributed by atoms with E-state index in [1.807, 2.05) is 0 Å². The molecule has 0 aliphatic heterocycles. The van der Waals surface area contributed by atoms with Crippen molar-refractivity contribution in [1.29, 1.82) is 0 Å². The topological polar surface area (TPSA) is 103 Å². The fourth-order valence-electron chi connectivity index (χ4n) is 2.51. The Labute approximate surface area is 181 Å². The number of unbranched alkanes of at least 4 members (excludes halogenated alkanes) is 1. The molecule has 0 saturated heterocycles. The van der Waals surface area contributed by atoms with Crippen molar-refractivity contribution in [2.24, 2.45) is 5.92 Å². The van der Waals surface area contributed by atoms with Crippen LogP contribution in [-0.4, -0.2) is 70.3 Å². The fraction of sp³-hybridized carbons (Fsp3) is 0.864. The van der Waals surface area contributed by atoms with E-state index in [1.165, 1.54) is 13.3 Å². The molecule has 8 heteroatoms. The Balaban J connectivity index is 3.32. The van der Waals surface area contributed by atoms with Crippen molar-refractivity contribution in [2.45, 2.75) is 65.7 Å². The highest BCUT2D eigenvalue weighted by atomic mass is 16.5. The van der Waals surface area contributed by atoms with Crippen LogP contribution in [0.3, 0.4) is 0 Å². The highest BCUT2D eigenvalue weighted by molar-refractivity contribution is 5.78. The molecular formula is C22H42N2O6. The van der Waals surface area contributed by atoms with Crippen LogP contribution in [0, 0.1) is 5.92 Å². The Morgan fingerprint density at radius 3 is 1.77 bits per heavy atom. The summed E-state index contributed by atoms with van der Waals surface area (Å²) in [5, 5.41) is 5.68. The molecule has 8 nitrogen and oxygen atoms in total. The van der Waals surface area contributed by atoms with Crippen molar-refractivity contribution in [1.82, 2.24) is 10.6 Å². The predicted molar refractivity (Wildman–Crippen MR) is 116 cm³/mol. The summed E-state index contributed by atoms with van der Waals surface area (Å²) in [6, 6.07) is 0. The monoisotopic (exact) mass is 430 g/mol. The van der Waals surface area contributed by atoms with Gasteiger partial charge < -0.3 is 24.8 Å². The molecule has 176 valence electrons. The molecule has 0 aromatic carbocycles. The van der Waals surface area contributed by atoms with Gasteiger partial charge in [-0.2, -0.15) is 0 Å². The number of rotatable bonds is 21. The van der Waals surface area contributed by atoms with Crippen molar-refractivity contribution >= 4 is 17.6 Å². The first kappa shape index (κ1) is 28.5. The van der Waals surface area contributed by atoms with Gasteiger partial charge in [-0.3, -0.25) is 14.4 Å². The zero-order valence-corrected chi connectivity index (χ0v) is 19.1. The lowest BCUT2D eigenvalue weighted by atomic mass is 10.1. The molecule has 30 heavy (non-hydrogen) atoms. The van der Waals surface area contributed by atoms with E-state index in [0.29, 0.717) is 84.3 Å². The normalized spacial score (nSPS) is 10.9. The molecule has 0 rings (SSSR count). The van der Waals surface area contributed by atoms with Gasteiger partial charge in [0.1, 0.15) is 5.78 Å². The summed E-state index contributed by atoms with van der Waals surface area (Å²) in [5.41, 5.74) is 0. The molecule has 0 aliphatic carbocycles. The minimum absolute atomic E-state index is 0.0138. The average Bonchev–Trinajstić information content (AvgIpc) is 2.68. The maximum absolute atomic E-state index is 11.7. The molecule has 0 aliphatic rings. The molecule has 0 saturated carbocycles. The summed E-state index contributed by atoms with van der Waals surface area (Å²) in [5.74, 6) is 0.764. The standard InChI is InChI=1S/C22H42N2O6/c1-19(2)7-4-5-11-23-21(26)8-6-9-22(27)24-12-14-29-16-18-30-17-15-28-13-10-20(3)25/h19H,4-18H2,1-3H3,(H,23,26)(H,24,27).